The Balaban J connectivity index is 1.10. The number of benzene rings is 3. The molecule has 3 amide bonds. The van der Waals surface area contributed by atoms with Gasteiger partial charge in [-0.15, -0.1) is 0 Å². The highest BCUT2D eigenvalue weighted by atomic mass is 16.7. The van der Waals surface area contributed by atoms with Gasteiger partial charge in [0.25, 0.3) is 11.8 Å². The van der Waals surface area contributed by atoms with Gasteiger partial charge in [0.05, 0.1) is 11.1 Å². The summed E-state index contributed by atoms with van der Waals surface area (Å²) < 4.78 is 5.86. The molecule has 3 atom stereocenters. The molecule has 3 aromatic rings. The maximum Gasteiger partial charge on any atom is 0.410 e. The summed E-state index contributed by atoms with van der Waals surface area (Å²) in [6, 6.07) is 21.6. The fraction of sp³-hybridized carbons (Fsp3) is 0.290. The van der Waals surface area contributed by atoms with E-state index in [1.54, 1.807) is 12.1 Å². The van der Waals surface area contributed by atoms with Crippen LogP contribution in [0.2, 0.25) is 0 Å². The second kappa shape index (κ2) is 9.08. The largest absolute Gasteiger partial charge is 0.448 e. The van der Waals surface area contributed by atoms with E-state index in [9.17, 15) is 19.2 Å². The van der Waals surface area contributed by atoms with Gasteiger partial charge >= 0.3 is 12.1 Å². The maximum atomic E-state index is 13.5. The summed E-state index contributed by atoms with van der Waals surface area (Å²) in [5.74, 6) is -2.21. The monoisotopic (exact) mass is 522 g/mol. The van der Waals surface area contributed by atoms with Crippen LogP contribution in [-0.2, 0) is 14.4 Å². The summed E-state index contributed by atoms with van der Waals surface area (Å²) in [7, 11) is 0. The normalized spacial score (nSPS) is 22.9. The van der Waals surface area contributed by atoms with Gasteiger partial charge in [-0.2, -0.15) is 0 Å². The van der Waals surface area contributed by atoms with Crippen LogP contribution in [0.3, 0.4) is 0 Å². The van der Waals surface area contributed by atoms with Crippen molar-refractivity contribution in [3.8, 4) is 11.1 Å². The zero-order valence-electron chi connectivity index (χ0n) is 21.1. The van der Waals surface area contributed by atoms with E-state index in [-0.39, 0.29) is 35.5 Å². The smallest absolute Gasteiger partial charge is 0.410 e. The molecule has 1 saturated carbocycles. The van der Waals surface area contributed by atoms with Gasteiger partial charge in [0.1, 0.15) is 12.6 Å². The van der Waals surface area contributed by atoms with Gasteiger partial charge in [0, 0.05) is 12.5 Å². The number of ether oxygens (including phenoxy) is 1. The lowest BCUT2D eigenvalue weighted by Gasteiger charge is -2.27. The summed E-state index contributed by atoms with van der Waals surface area (Å²) in [6.45, 7) is 0.516. The third-order valence-electron chi connectivity index (χ3n) is 8.64. The Hall–Kier alpha value is -4.46. The molecular weight excluding hydrogens is 496 g/mol. The highest BCUT2D eigenvalue weighted by Gasteiger charge is 2.52. The third-order valence-corrected chi connectivity index (χ3v) is 8.64. The molecule has 0 bridgehead atoms. The molecule has 7 rings (SSSR count). The number of likely N-dealkylation sites (tertiary alicyclic amines) is 1. The van der Waals surface area contributed by atoms with Crippen molar-refractivity contribution in [1.82, 2.24) is 9.96 Å². The highest BCUT2D eigenvalue weighted by molar-refractivity contribution is 6.21. The number of imide groups is 1. The van der Waals surface area contributed by atoms with Crippen LogP contribution in [0.15, 0.2) is 72.8 Å². The number of carbonyl (C=O) groups excluding carboxylic acids is 4. The number of nitrogens with zero attached hydrogens (tertiary/aromatic N) is 2. The van der Waals surface area contributed by atoms with Crippen molar-refractivity contribution in [2.75, 3.05) is 13.2 Å². The molecule has 0 N–H and O–H groups in total. The second-order valence-corrected chi connectivity index (χ2v) is 10.6. The Morgan fingerprint density at radius 3 is 1.95 bits per heavy atom. The molecule has 8 heteroatoms. The van der Waals surface area contributed by atoms with E-state index in [2.05, 4.69) is 24.3 Å². The average Bonchev–Trinajstić information content (AvgIpc) is 3.70. The van der Waals surface area contributed by atoms with Crippen molar-refractivity contribution in [2.24, 2.45) is 11.8 Å². The zero-order valence-corrected chi connectivity index (χ0v) is 21.1. The van der Waals surface area contributed by atoms with E-state index >= 15 is 0 Å². The van der Waals surface area contributed by atoms with Crippen LogP contribution in [0.1, 0.15) is 57.0 Å². The number of hydrogen-bond acceptors (Lipinski definition) is 6. The van der Waals surface area contributed by atoms with Crippen molar-refractivity contribution < 1.29 is 28.8 Å². The Morgan fingerprint density at radius 2 is 1.33 bits per heavy atom. The van der Waals surface area contributed by atoms with E-state index in [0.29, 0.717) is 11.6 Å². The number of fused-ring (bicyclic) bond motifs is 5. The fourth-order valence-electron chi connectivity index (χ4n) is 6.87. The quantitative estimate of drug-likeness (QED) is 0.458. The average molecular weight is 523 g/mol. The van der Waals surface area contributed by atoms with E-state index in [1.807, 2.05) is 24.3 Å². The summed E-state index contributed by atoms with van der Waals surface area (Å²) >= 11 is 0. The first-order chi connectivity index (χ1) is 19.0. The number of carbonyl (C=O) groups is 4. The number of amides is 3. The Labute approximate surface area is 225 Å². The Morgan fingerprint density at radius 1 is 0.769 bits per heavy atom. The first kappa shape index (κ1) is 23.6. The third kappa shape index (κ3) is 3.66. The first-order valence-electron chi connectivity index (χ1n) is 13.3. The lowest BCUT2D eigenvalue weighted by Crippen LogP contribution is -2.47. The summed E-state index contributed by atoms with van der Waals surface area (Å²) in [5.41, 5.74) is 4.85. The van der Waals surface area contributed by atoms with Crippen LogP contribution in [0.5, 0.6) is 0 Å². The van der Waals surface area contributed by atoms with E-state index in [0.717, 1.165) is 41.5 Å². The van der Waals surface area contributed by atoms with Crippen molar-refractivity contribution in [3.63, 3.8) is 0 Å². The van der Waals surface area contributed by atoms with E-state index in [4.69, 9.17) is 9.57 Å². The molecule has 0 unspecified atom stereocenters. The molecule has 2 fully saturated rings. The van der Waals surface area contributed by atoms with Gasteiger partial charge in [-0.1, -0.05) is 72.1 Å². The van der Waals surface area contributed by atoms with Gasteiger partial charge < -0.3 is 9.57 Å². The molecule has 0 spiro atoms. The molecule has 2 heterocycles. The first-order valence-corrected chi connectivity index (χ1v) is 13.3. The van der Waals surface area contributed by atoms with Crippen LogP contribution in [0, 0.1) is 11.8 Å². The topological polar surface area (TPSA) is 93.2 Å². The van der Waals surface area contributed by atoms with Crippen LogP contribution >= 0.6 is 0 Å². The Kier molecular flexibility index (Phi) is 5.50. The van der Waals surface area contributed by atoms with Crippen molar-refractivity contribution in [2.45, 2.75) is 31.2 Å². The Bertz CT molecular complexity index is 1450. The lowest BCUT2D eigenvalue weighted by molar-refractivity contribution is -0.174. The molecule has 2 aliphatic carbocycles. The predicted molar refractivity (Wildman–Crippen MR) is 139 cm³/mol. The summed E-state index contributed by atoms with van der Waals surface area (Å²) in [4.78, 5) is 59.3. The predicted octanol–water partition coefficient (Wildman–Crippen LogP) is 4.79. The fourth-order valence-corrected chi connectivity index (χ4v) is 6.87. The van der Waals surface area contributed by atoms with Crippen LogP contribution in [0.4, 0.5) is 4.79 Å². The van der Waals surface area contributed by atoms with Gasteiger partial charge in [-0.3, -0.25) is 14.5 Å². The highest BCUT2D eigenvalue weighted by Crippen LogP contribution is 2.46. The molecule has 2 aliphatic heterocycles. The van der Waals surface area contributed by atoms with Crippen molar-refractivity contribution in [1.29, 1.82) is 0 Å². The molecule has 4 aliphatic rings. The van der Waals surface area contributed by atoms with Crippen LogP contribution in [-0.4, -0.2) is 53.0 Å². The number of rotatable bonds is 4. The van der Waals surface area contributed by atoms with Crippen LogP contribution in [0.25, 0.3) is 11.1 Å². The molecule has 0 aromatic heterocycles. The SMILES string of the molecule is O=C(ON1C(=O)c2ccccc2C1=O)[C@H]1[C@H]2CCC[C@H]2CN1C(=O)OCC1c2ccccc2-c2ccccc21. The molecular formula is C31H26N2O6. The van der Waals surface area contributed by atoms with Gasteiger partial charge in [-0.05, 0) is 59.1 Å². The second-order valence-electron chi connectivity index (χ2n) is 10.6. The van der Waals surface area contributed by atoms with E-state index < -0.39 is 29.9 Å². The lowest BCUT2D eigenvalue weighted by atomic mass is 9.94. The molecule has 39 heavy (non-hydrogen) atoms. The number of hydroxylamine groups is 2. The van der Waals surface area contributed by atoms with Crippen molar-refractivity contribution >= 4 is 23.9 Å². The molecule has 196 valence electrons. The van der Waals surface area contributed by atoms with Gasteiger partial charge in [0.2, 0.25) is 0 Å². The zero-order chi connectivity index (χ0) is 26.7. The standard InChI is InChI=1S/C31H26N2O6/c34-28-24-13-5-6-14-25(24)29(35)33(28)39-30(36)27-19-15-7-8-18(19)16-32(27)31(37)38-17-26-22-11-3-1-9-20(22)21-10-2-4-12-23(21)26/h1-6,9-14,18-19,26-27H,7-8,15-17H2/t18-,19-,27+/m0/s1. The molecule has 8 nitrogen and oxygen atoms in total. The molecule has 3 aromatic carbocycles. The minimum atomic E-state index is -0.919. The summed E-state index contributed by atoms with van der Waals surface area (Å²) in [6.07, 6.45) is 2.02. The van der Waals surface area contributed by atoms with Gasteiger partial charge in [-0.25, -0.2) is 9.59 Å². The van der Waals surface area contributed by atoms with Crippen molar-refractivity contribution in [3.05, 3.63) is 95.1 Å². The van der Waals surface area contributed by atoms with Crippen LogP contribution < -0.4 is 0 Å². The minimum Gasteiger partial charge on any atom is -0.448 e. The maximum absolute atomic E-state index is 13.5. The van der Waals surface area contributed by atoms with E-state index in [1.165, 1.54) is 17.0 Å². The van der Waals surface area contributed by atoms with Gasteiger partial charge in [0.15, 0.2) is 0 Å². The molecule has 1 saturated heterocycles. The molecule has 0 radical (unpaired) electrons. The minimum absolute atomic E-state index is 0.104. The summed E-state index contributed by atoms with van der Waals surface area (Å²) in [5, 5.41) is 0.519. The number of hydrogen-bond donors (Lipinski definition) is 0.